The van der Waals surface area contributed by atoms with Crippen molar-refractivity contribution < 1.29 is 0 Å². The molecule has 0 spiro atoms. The normalized spacial score (nSPS) is 10.3. The van der Waals surface area contributed by atoms with E-state index in [1.165, 1.54) is 6.33 Å². The number of hydrogen-bond donors (Lipinski definition) is 1. The quantitative estimate of drug-likeness (QED) is 0.765. The third kappa shape index (κ3) is 0.990. The molecule has 70 valence electrons. The molecule has 0 fully saturated rings. The van der Waals surface area contributed by atoms with Gasteiger partial charge in [-0.3, -0.25) is 0 Å². The standard InChI is InChI=1S/C9H9N5/c1-3-6-7-8(10)11-5-12-9(7)13-14(6)4-2/h3-5H,1-2H2,(H2,10,11,12,13). The van der Waals surface area contributed by atoms with E-state index in [0.717, 1.165) is 5.69 Å². The summed E-state index contributed by atoms with van der Waals surface area (Å²) in [5.41, 5.74) is 7.02. The molecule has 2 rings (SSSR count). The fraction of sp³-hybridized carbons (Fsp3) is 0. The Balaban J connectivity index is 2.95. The molecule has 0 atom stereocenters. The molecule has 2 N–H and O–H groups in total. The van der Waals surface area contributed by atoms with Gasteiger partial charge in [-0.2, -0.15) is 0 Å². The van der Waals surface area contributed by atoms with Crippen LogP contribution in [0.1, 0.15) is 5.69 Å². The highest BCUT2D eigenvalue weighted by Gasteiger charge is 2.10. The van der Waals surface area contributed by atoms with Gasteiger partial charge in [0.2, 0.25) is 0 Å². The highest BCUT2D eigenvalue weighted by molar-refractivity contribution is 5.92. The fourth-order valence-corrected chi connectivity index (χ4v) is 1.32. The van der Waals surface area contributed by atoms with Crippen LogP contribution in [0.4, 0.5) is 5.82 Å². The van der Waals surface area contributed by atoms with Gasteiger partial charge in [-0.15, -0.1) is 5.10 Å². The summed E-state index contributed by atoms with van der Waals surface area (Å²) in [6, 6.07) is 0. The lowest BCUT2D eigenvalue weighted by Crippen LogP contribution is -1.93. The minimum atomic E-state index is 0.401. The molecule has 0 saturated carbocycles. The summed E-state index contributed by atoms with van der Waals surface area (Å²) < 4.78 is 1.57. The Kier molecular flexibility index (Phi) is 1.78. The van der Waals surface area contributed by atoms with Gasteiger partial charge in [-0.05, 0) is 6.08 Å². The number of nitrogens with zero attached hydrogens (tertiary/aromatic N) is 4. The predicted molar refractivity (Wildman–Crippen MR) is 56.2 cm³/mol. The predicted octanol–water partition coefficient (Wildman–Crippen LogP) is 1.15. The molecule has 0 aromatic carbocycles. The second-order valence-corrected chi connectivity index (χ2v) is 2.67. The maximum absolute atomic E-state index is 5.71. The molecule has 5 nitrogen and oxygen atoms in total. The maximum Gasteiger partial charge on any atom is 0.187 e. The van der Waals surface area contributed by atoms with Crippen LogP contribution in [0.3, 0.4) is 0 Å². The van der Waals surface area contributed by atoms with Crippen molar-refractivity contribution in [1.29, 1.82) is 0 Å². The molecule has 0 unspecified atom stereocenters. The van der Waals surface area contributed by atoms with Gasteiger partial charge in [-0.1, -0.05) is 13.2 Å². The Morgan fingerprint density at radius 3 is 2.79 bits per heavy atom. The topological polar surface area (TPSA) is 69.6 Å². The van der Waals surface area contributed by atoms with E-state index in [0.29, 0.717) is 16.9 Å². The zero-order valence-corrected chi connectivity index (χ0v) is 7.51. The second-order valence-electron chi connectivity index (χ2n) is 2.67. The van der Waals surface area contributed by atoms with E-state index in [9.17, 15) is 0 Å². The summed E-state index contributed by atoms with van der Waals surface area (Å²) in [5, 5.41) is 4.87. The SMILES string of the molecule is C=Cc1c2c(N)ncnc2nn1C=C. The molecular weight excluding hydrogens is 178 g/mol. The molecule has 0 aliphatic heterocycles. The molecule has 0 amide bonds. The van der Waals surface area contributed by atoms with Crippen molar-refractivity contribution in [2.24, 2.45) is 0 Å². The lowest BCUT2D eigenvalue weighted by atomic mass is 10.3. The van der Waals surface area contributed by atoms with Gasteiger partial charge >= 0.3 is 0 Å². The van der Waals surface area contributed by atoms with E-state index in [2.05, 4.69) is 28.2 Å². The Hall–Kier alpha value is -2.17. The molecule has 0 aliphatic rings. The van der Waals surface area contributed by atoms with E-state index in [-0.39, 0.29) is 0 Å². The van der Waals surface area contributed by atoms with E-state index >= 15 is 0 Å². The molecule has 5 heteroatoms. The number of rotatable bonds is 2. The highest BCUT2D eigenvalue weighted by Crippen LogP contribution is 2.21. The number of aromatic nitrogens is 4. The number of fused-ring (bicyclic) bond motifs is 1. The molecule has 2 aromatic rings. The minimum absolute atomic E-state index is 0.401. The van der Waals surface area contributed by atoms with Crippen LogP contribution < -0.4 is 5.73 Å². The molecule has 0 saturated heterocycles. The average molecular weight is 187 g/mol. The summed E-state index contributed by atoms with van der Waals surface area (Å²) >= 11 is 0. The average Bonchev–Trinajstić information content (AvgIpc) is 2.56. The van der Waals surface area contributed by atoms with Crippen LogP contribution in [-0.2, 0) is 0 Å². The van der Waals surface area contributed by atoms with Gasteiger partial charge in [0.1, 0.15) is 12.1 Å². The summed E-state index contributed by atoms with van der Waals surface area (Å²) in [6.45, 7) is 7.31. The summed E-state index contributed by atoms with van der Waals surface area (Å²) in [6.07, 6.45) is 4.60. The Labute approximate surface area is 80.6 Å². The fourth-order valence-electron chi connectivity index (χ4n) is 1.32. The van der Waals surface area contributed by atoms with E-state index in [1.807, 2.05) is 0 Å². The van der Waals surface area contributed by atoms with Crippen LogP contribution in [0.15, 0.2) is 19.5 Å². The van der Waals surface area contributed by atoms with Gasteiger partial charge < -0.3 is 5.73 Å². The molecule has 14 heavy (non-hydrogen) atoms. The number of nitrogens with two attached hydrogens (primary N) is 1. The van der Waals surface area contributed by atoms with Gasteiger partial charge in [0.15, 0.2) is 5.65 Å². The Morgan fingerprint density at radius 1 is 1.36 bits per heavy atom. The first-order chi connectivity index (χ1) is 6.77. The van der Waals surface area contributed by atoms with Crippen LogP contribution in [0.5, 0.6) is 0 Å². The van der Waals surface area contributed by atoms with E-state index < -0.39 is 0 Å². The smallest absolute Gasteiger partial charge is 0.187 e. The zero-order valence-electron chi connectivity index (χ0n) is 7.51. The maximum atomic E-state index is 5.71. The van der Waals surface area contributed by atoms with Crippen molar-refractivity contribution in [3.63, 3.8) is 0 Å². The zero-order chi connectivity index (χ0) is 10.1. The monoisotopic (exact) mass is 187 g/mol. The largest absolute Gasteiger partial charge is 0.383 e. The first-order valence-electron chi connectivity index (χ1n) is 4.01. The summed E-state index contributed by atoms with van der Waals surface area (Å²) in [5.74, 6) is 0.401. The highest BCUT2D eigenvalue weighted by atomic mass is 15.3. The van der Waals surface area contributed by atoms with Crippen LogP contribution in [0.2, 0.25) is 0 Å². The summed E-state index contributed by atoms with van der Waals surface area (Å²) in [7, 11) is 0. The van der Waals surface area contributed by atoms with Crippen LogP contribution in [0.25, 0.3) is 23.3 Å². The molecule has 0 radical (unpaired) electrons. The van der Waals surface area contributed by atoms with E-state index in [1.54, 1.807) is 17.0 Å². The second kappa shape index (κ2) is 2.95. The van der Waals surface area contributed by atoms with Gasteiger partial charge in [0.05, 0.1) is 11.1 Å². The first-order valence-corrected chi connectivity index (χ1v) is 4.01. The molecular formula is C9H9N5. The number of hydrogen-bond acceptors (Lipinski definition) is 4. The summed E-state index contributed by atoms with van der Waals surface area (Å²) in [4.78, 5) is 7.90. The number of anilines is 1. The van der Waals surface area contributed by atoms with Crippen molar-refractivity contribution >= 4 is 29.1 Å². The van der Waals surface area contributed by atoms with E-state index in [4.69, 9.17) is 5.73 Å². The lowest BCUT2D eigenvalue weighted by molar-refractivity contribution is 0.935. The van der Waals surface area contributed by atoms with Crippen molar-refractivity contribution in [3.8, 4) is 0 Å². The van der Waals surface area contributed by atoms with Crippen LogP contribution in [0, 0.1) is 0 Å². The van der Waals surface area contributed by atoms with Crippen molar-refractivity contribution in [2.45, 2.75) is 0 Å². The molecule has 0 aliphatic carbocycles. The minimum Gasteiger partial charge on any atom is -0.383 e. The van der Waals surface area contributed by atoms with Crippen molar-refractivity contribution in [1.82, 2.24) is 19.7 Å². The first kappa shape index (κ1) is 8.43. The molecule has 2 heterocycles. The van der Waals surface area contributed by atoms with Crippen molar-refractivity contribution in [2.75, 3.05) is 5.73 Å². The van der Waals surface area contributed by atoms with Gasteiger partial charge in [0.25, 0.3) is 0 Å². The van der Waals surface area contributed by atoms with Crippen LogP contribution >= 0.6 is 0 Å². The lowest BCUT2D eigenvalue weighted by Gasteiger charge is -1.95. The third-order valence-corrected chi connectivity index (χ3v) is 1.93. The number of nitrogen functional groups attached to an aromatic ring is 1. The van der Waals surface area contributed by atoms with Gasteiger partial charge in [-0.25, -0.2) is 14.6 Å². The molecule has 2 aromatic heterocycles. The molecule has 0 bridgehead atoms. The Morgan fingerprint density at radius 2 is 2.14 bits per heavy atom. The van der Waals surface area contributed by atoms with Crippen molar-refractivity contribution in [3.05, 3.63) is 25.2 Å². The van der Waals surface area contributed by atoms with Gasteiger partial charge in [0, 0.05) is 6.20 Å². The Bertz CT molecular complexity index is 511. The third-order valence-electron chi connectivity index (χ3n) is 1.93. The van der Waals surface area contributed by atoms with Crippen LogP contribution in [-0.4, -0.2) is 19.7 Å².